The van der Waals surface area contributed by atoms with Crippen molar-refractivity contribution in [3.63, 3.8) is 0 Å². The van der Waals surface area contributed by atoms with E-state index in [-0.39, 0.29) is 16.7 Å². The van der Waals surface area contributed by atoms with Crippen molar-refractivity contribution in [3.05, 3.63) is 47.5 Å². The van der Waals surface area contributed by atoms with Crippen molar-refractivity contribution in [2.24, 2.45) is 5.92 Å². The van der Waals surface area contributed by atoms with E-state index in [1.54, 1.807) is 44.2 Å². The second kappa shape index (κ2) is 8.12. The Balaban J connectivity index is 2.38. The van der Waals surface area contributed by atoms with Crippen molar-refractivity contribution in [1.29, 1.82) is 0 Å². The van der Waals surface area contributed by atoms with Gasteiger partial charge in [0.2, 0.25) is 5.91 Å². The molecular formula is C17H19ClN2O3S2. The Labute approximate surface area is 157 Å². The number of carbonyl (C=O) groups is 1. The van der Waals surface area contributed by atoms with Gasteiger partial charge in [0.1, 0.15) is 0 Å². The van der Waals surface area contributed by atoms with Gasteiger partial charge in [-0.3, -0.25) is 9.52 Å². The Morgan fingerprint density at radius 3 is 2.40 bits per heavy atom. The van der Waals surface area contributed by atoms with Crippen LogP contribution in [0.3, 0.4) is 0 Å². The zero-order chi connectivity index (χ0) is 18.6. The smallest absolute Gasteiger partial charge is 0.262 e. The number of rotatable bonds is 6. The number of para-hydroxylation sites is 1. The molecule has 8 heteroatoms. The van der Waals surface area contributed by atoms with E-state index in [9.17, 15) is 13.2 Å². The summed E-state index contributed by atoms with van der Waals surface area (Å²) in [6.07, 6.45) is 1.86. The lowest BCUT2D eigenvalue weighted by molar-refractivity contribution is -0.118. The number of halogens is 1. The summed E-state index contributed by atoms with van der Waals surface area (Å²) in [5.41, 5.74) is 0.763. The molecule has 0 aliphatic rings. The molecule has 0 spiro atoms. The van der Waals surface area contributed by atoms with E-state index in [2.05, 4.69) is 10.0 Å². The molecule has 5 nitrogen and oxygen atoms in total. The van der Waals surface area contributed by atoms with E-state index in [4.69, 9.17) is 11.6 Å². The molecular weight excluding hydrogens is 380 g/mol. The summed E-state index contributed by atoms with van der Waals surface area (Å²) in [4.78, 5) is 12.8. The molecule has 0 aliphatic carbocycles. The van der Waals surface area contributed by atoms with E-state index in [1.165, 1.54) is 23.9 Å². The molecule has 2 N–H and O–H groups in total. The standard InChI is InChI=1S/C17H19ClN2O3S2/c1-11(2)17(21)19-15-10-12(8-9-16(15)24-3)25(22,23)20-14-7-5-4-6-13(14)18/h4-11,20H,1-3H3,(H,19,21). The number of hydrogen-bond acceptors (Lipinski definition) is 4. The summed E-state index contributed by atoms with van der Waals surface area (Å²) in [5, 5.41) is 3.08. The third-order valence-electron chi connectivity index (χ3n) is 3.38. The Morgan fingerprint density at radius 1 is 1.12 bits per heavy atom. The zero-order valence-electron chi connectivity index (χ0n) is 14.0. The lowest BCUT2D eigenvalue weighted by Crippen LogP contribution is -2.19. The van der Waals surface area contributed by atoms with E-state index >= 15 is 0 Å². The minimum Gasteiger partial charge on any atom is -0.325 e. The van der Waals surface area contributed by atoms with Crippen LogP contribution in [0.25, 0.3) is 0 Å². The molecule has 0 aliphatic heterocycles. The van der Waals surface area contributed by atoms with Crippen LogP contribution in [0.4, 0.5) is 11.4 Å². The third kappa shape index (κ3) is 4.90. The van der Waals surface area contributed by atoms with Crippen molar-refractivity contribution in [1.82, 2.24) is 0 Å². The monoisotopic (exact) mass is 398 g/mol. The van der Waals surface area contributed by atoms with Crippen LogP contribution >= 0.6 is 23.4 Å². The van der Waals surface area contributed by atoms with Gasteiger partial charge >= 0.3 is 0 Å². The van der Waals surface area contributed by atoms with Crippen LogP contribution in [-0.2, 0) is 14.8 Å². The number of amides is 1. The number of sulfonamides is 1. The molecule has 0 atom stereocenters. The van der Waals surface area contributed by atoms with Crippen LogP contribution in [0, 0.1) is 5.92 Å². The highest BCUT2D eigenvalue weighted by molar-refractivity contribution is 7.98. The summed E-state index contributed by atoms with van der Waals surface area (Å²) in [6, 6.07) is 11.2. The van der Waals surface area contributed by atoms with Crippen molar-refractivity contribution in [2.75, 3.05) is 16.3 Å². The van der Waals surface area contributed by atoms with Gasteiger partial charge in [0.15, 0.2) is 0 Å². The maximum absolute atomic E-state index is 12.6. The fourth-order valence-corrected chi connectivity index (χ4v) is 3.86. The molecule has 2 aromatic carbocycles. The minimum absolute atomic E-state index is 0.0456. The summed E-state index contributed by atoms with van der Waals surface area (Å²) in [5.74, 6) is -0.389. The number of anilines is 2. The summed E-state index contributed by atoms with van der Waals surface area (Å²) in [7, 11) is -3.83. The van der Waals surface area contributed by atoms with E-state index in [1.807, 2.05) is 6.26 Å². The SMILES string of the molecule is CSc1ccc(S(=O)(=O)Nc2ccccc2Cl)cc1NC(=O)C(C)C. The number of carbonyl (C=O) groups excluding carboxylic acids is 1. The molecule has 1 amide bonds. The lowest BCUT2D eigenvalue weighted by atomic mass is 10.2. The predicted molar refractivity (Wildman–Crippen MR) is 104 cm³/mol. The second-order valence-electron chi connectivity index (χ2n) is 5.59. The fourth-order valence-electron chi connectivity index (χ4n) is 1.98. The number of benzene rings is 2. The first-order valence-corrected chi connectivity index (χ1v) is 10.6. The van der Waals surface area contributed by atoms with Gasteiger partial charge in [-0.25, -0.2) is 8.42 Å². The molecule has 2 aromatic rings. The second-order valence-corrected chi connectivity index (χ2v) is 8.53. The molecule has 0 aromatic heterocycles. The highest BCUT2D eigenvalue weighted by Crippen LogP contribution is 2.30. The van der Waals surface area contributed by atoms with Crippen molar-refractivity contribution in [2.45, 2.75) is 23.6 Å². The van der Waals surface area contributed by atoms with Crippen LogP contribution < -0.4 is 10.0 Å². The topological polar surface area (TPSA) is 75.3 Å². The Hall–Kier alpha value is -1.70. The highest BCUT2D eigenvalue weighted by atomic mass is 35.5. The van der Waals surface area contributed by atoms with Crippen molar-refractivity contribution < 1.29 is 13.2 Å². The molecule has 134 valence electrons. The van der Waals surface area contributed by atoms with Gasteiger partial charge in [-0.05, 0) is 36.6 Å². The molecule has 0 heterocycles. The first-order chi connectivity index (χ1) is 11.7. The quantitative estimate of drug-likeness (QED) is 0.704. The largest absolute Gasteiger partial charge is 0.325 e. The van der Waals surface area contributed by atoms with Gasteiger partial charge in [0, 0.05) is 10.8 Å². The fraction of sp³-hybridized carbons (Fsp3) is 0.235. The molecule has 25 heavy (non-hydrogen) atoms. The summed E-state index contributed by atoms with van der Waals surface area (Å²) >= 11 is 7.44. The summed E-state index contributed by atoms with van der Waals surface area (Å²) < 4.78 is 27.7. The van der Waals surface area contributed by atoms with Crippen LogP contribution in [0.5, 0.6) is 0 Å². The van der Waals surface area contributed by atoms with Gasteiger partial charge < -0.3 is 5.32 Å². The third-order valence-corrected chi connectivity index (χ3v) is 5.87. The number of nitrogens with one attached hydrogen (secondary N) is 2. The van der Waals surface area contributed by atoms with Crippen molar-refractivity contribution >= 4 is 50.7 Å². The molecule has 0 bridgehead atoms. The molecule has 0 unspecified atom stereocenters. The Morgan fingerprint density at radius 2 is 1.80 bits per heavy atom. The Bertz CT molecular complexity index is 883. The number of thioether (sulfide) groups is 1. The normalized spacial score (nSPS) is 11.4. The first-order valence-electron chi connectivity index (χ1n) is 7.51. The van der Waals surface area contributed by atoms with Crippen LogP contribution in [0.1, 0.15) is 13.8 Å². The highest BCUT2D eigenvalue weighted by Gasteiger charge is 2.19. The maximum atomic E-state index is 12.6. The van der Waals surface area contributed by atoms with Crippen molar-refractivity contribution in [3.8, 4) is 0 Å². The molecule has 0 saturated heterocycles. The Kier molecular flexibility index (Phi) is 6.37. The van der Waals surface area contributed by atoms with Gasteiger partial charge in [0.05, 0.1) is 21.3 Å². The maximum Gasteiger partial charge on any atom is 0.262 e. The van der Waals surface area contributed by atoms with E-state index < -0.39 is 10.0 Å². The minimum atomic E-state index is -3.83. The van der Waals surface area contributed by atoms with Gasteiger partial charge in [0.25, 0.3) is 10.0 Å². The van der Waals surface area contributed by atoms with Crippen LogP contribution in [-0.4, -0.2) is 20.6 Å². The predicted octanol–water partition coefficient (Wildman–Crippen LogP) is 4.46. The van der Waals surface area contributed by atoms with Gasteiger partial charge in [-0.2, -0.15) is 0 Å². The molecule has 2 rings (SSSR count). The van der Waals surface area contributed by atoms with Crippen LogP contribution in [0.15, 0.2) is 52.3 Å². The first kappa shape index (κ1) is 19.6. The van der Waals surface area contributed by atoms with E-state index in [0.717, 1.165) is 4.90 Å². The average molecular weight is 399 g/mol. The molecule has 0 radical (unpaired) electrons. The average Bonchev–Trinajstić information content (AvgIpc) is 2.56. The lowest BCUT2D eigenvalue weighted by Gasteiger charge is -2.14. The van der Waals surface area contributed by atoms with E-state index in [0.29, 0.717) is 16.4 Å². The molecule has 0 fully saturated rings. The summed E-state index contributed by atoms with van der Waals surface area (Å²) in [6.45, 7) is 3.54. The molecule has 0 saturated carbocycles. The number of hydrogen-bond donors (Lipinski definition) is 2. The van der Waals surface area contributed by atoms with Crippen LogP contribution in [0.2, 0.25) is 5.02 Å². The van der Waals surface area contributed by atoms with Gasteiger partial charge in [-0.15, -0.1) is 11.8 Å². The van der Waals surface area contributed by atoms with Gasteiger partial charge in [-0.1, -0.05) is 37.6 Å². The zero-order valence-corrected chi connectivity index (χ0v) is 16.4.